The van der Waals surface area contributed by atoms with Crippen molar-refractivity contribution >= 4 is 28.4 Å². The molecular formula is C12H12O5SSe. The van der Waals surface area contributed by atoms with Gasteiger partial charge in [0.2, 0.25) is 0 Å². The van der Waals surface area contributed by atoms with Crippen LogP contribution in [0.3, 0.4) is 0 Å². The summed E-state index contributed by atoms with van der Waals surface area (Å²) in [6.07, 6.45) is 0. The second-order valence-corrected chi connectivity index (χ2v) is 9.09. The van der Waals surface area contributed by atoms with Crippen LogP contribution < -0.4 is 4.46 Å². The Hall–Kier alpha value is -1.21. The van der Waals surface area contributed by atoms with Crippen molar-refractivity contribution in [2.75, 3.05) is 0 Å². The summed E-state index contributed by atoms with van der Waals surface area (Å²) in [5, 5.41) is 0. The van der Waals surface area contributed by atoms with Gasteiger partial charge in [-0.15, -0.1) is 0 Å². The van der Waals surface area contributed by atoms with Crippen LogP contribution in [0.2, 0.25) is 0 Å². The van der Waals surface area contributed by atoms with Crippen LogP contribution in [0, 0.1) is 0 Å². The second kappa shape index (κ2) is 5.42. The molecule has 19 heavy (non-hydrogen) atoms. The van der Waals surface area contributed by atoms with Gasteiger partial charge in [-0.3, -0.25) is 0 Å². The summed E-state index contributed by atoms with van der Waals surface area (Å²) in [5.74, 6) is 0. The molecule has 5 nitrogen and oxygen atoms in total. The molecule has 2 N–H and O–H groups in total. The minimum atomic E-state index is -4.68. The van der Waals surface area contributed by atoms with Gasteiger partial charge in [-0.2, -0.15) is 0 Å². The van der Waals surface area contributed by atoms with Crippen molar-refractivity contribution in [3.63, 3.8) is 0 Å². The van der Waals surface area contributed by atoms with Gasteiger partial charge in [-0.1, -0.05) is 0 Å². The number of hydrogen-bond acceptors (Lipinski definition) is 5. The number of hydrogen-bond donors (Lipinski definition) is 2. The number of benzene rings is 2. The van der Waals surface area contributed by atoms with Crippen molar-refractivity contribution in [1.29, 1.82) is 0 Å². The molecule has 2 aromatic carbocycles. The molecule has 0 bridgehead atoms. The third kappa shape index (κ3) is 3.42. The molecule has 7 heteroatoms. The van der Waals surface area contributed by atoms with E-state index in [1.165, 1.54) is 36.4 Å². The fraction of sp³-hybridized carbons (Fsp3) is 0. The molecule has 2 rings (SSSR count). The average Bonchev–Trinajstić information content (AvgIpc) is 2.40. The van der Waals surface area contributed by atoms with Gasteiger partial charge >= 0.3 is 114 Å². The predicted molar refractivity (Wildman–Crippen MR) is 71.0 cm³/mol. The molecule has 0 amide bonds. The molecule has 0 aliphatic rings. The van der Waals surface area contributed by atoms with Crippen LogP contribution in [0.5, 0.6) is 0 Å². The van der Waals surface area contributed by atoms with Crippen LogP contribution in [0.1, 0.15) is 0 Å². The third-order valence-corrected chi connectivity index (χ3v) is 7.67. The van der Waals surface area contributed by atoms with E-state index in [-0.39, 0.29) is 9.36 Å². The van der Waals surface area contributed by atoms with E-state index in [1.807, 2.05) is 0 Å². The molecule has 2 aromatic rings. The summed E-state index contributed by atoms with van der Waals surface area (Å²) in [6.45, 7) is 0. The molecule has 102 valence electrons. The average molecular weight is 347 g/mol. The number of rotatable bonds is 4. The Morgan fingerprint density at radius 1 is 0.842 bits per heavy atom. The first-order valence-electron chi connectivity index (χ1n) is 5.26. The van der Waals surface area contributed by atoms with Crippen LogP contribution in [0.4, 0.5) is 0 Å². The first-order valence-corrected chi connectivity index (χ1v) is 9.76. The van der Waals surface area contributed by atoms with Crippen molar-refractivity contribution < 1.29 is 20.1 Å². The van der Waals surface area contributed by atoms with Crippen LogP contribution in [0.25, 0.3) is 0 Å². The molecule has 0 fully saturated rings. The van der Waals surface area contributed by atoms with Crippen molar-refractivity contribution in [3.05, 3.63) is 60.7 Å². The summed E-state index contributed by atoms with van der Waals surface area (Å²) < 4.78 is 48.3. The van der Waals surface area contributed by atoms with E-state index in [9.17, 15) is 16.8 Å². The first-order chi connectivity index (χ1) is 8.92. The molecule has 0 atom stereocenters. The zero-order valence-corrected chi connectivity index (χ0v) is 12.2. The standard InChI is InChI=1S/C12H12O5SSe/c13-18(14,11-7-3-1-4-8-11)17-19(15,16)12-9-5-2-6-10-12/h1-10,15-16H. The molecule has 0 saturated heterocycles. The first kappa shape index (κ1) is 14.2. The van der Waals surface area contributed by atoms with E-state index in [0.29, 0.717) is 0 Å². The molecule has 0 heterocycles. The molecule has 0 radical (unpaired) electrons. The van der Waals surface area contributed by atoms with Gasteiger partial charge in [0.15, 0.2) is 0 Å². The molecular weight excluding hydrogens is 335 g/mol. The summed E-state index contributed by atoms with van der Waals surface area (Å²) in [6, 6.07) is 15.0. The molecule has 0 spiro atoms. The van der Waals surface area contributed by atoms with Crippen molar-refractivity contribution in [2.45, 2.75) is 4.90 Å². The van der Waals surface area contributed by atoms with Crippen LogP contribution in [-0.2, 0) is 13.4 Å². The Balaban J connectivity index is 2.31. The molecule has 0 saturated carbocycles. The molecule has 0 aromatic heterocycles. The monoisotopic (exact) mass is 348 g/mol. The Bertz CT molecular complexity index is 640. The van der Waals surface area contributed by atoms with E-state index in [1.54, 1.807) is 24.3 Å². The molecule has 0 aliphatic heterocycles. The van der Waals surface area contributed by atoms with Crippen molar-refractivity contribution in [1.82, 2.24) is 0 Å². The fourth-order valence-electron chi connectivity index (χ4n) is 1.39. The van der Waals surface area contributed by atoms with Gasteiger partial charge in [0.1, 0.15) is 0 Å². The third-order valence-electron chi connectivity index (χ3n) is 2.27. The van der Waals surface area contributed by atoms with E-state index in [4.69, 9.17) is 0 Å². The zero-order chi connectivity index (χ0) is 13.9. The van der Waals surface area contributed by atoms with Crippen LogP contribution in [-0.4, -0.2) is 30.6 Å². The molecule has 0 aliphatic carbocycles. The zero-order valence-electron chi connectivity index (χ0n) is 9.71. The summed E-state index contributed by atoms with van der Waals surface area (Å²) in [5.41, 5.74) is 0. The van der Waals surface area contributed by atoms with Gasteiger partial charge in [-0.05, 0) is 0 Å². The second-order valence-electron chi connectivity index (χ2n) is 3.64. The van der Waals surface area contributed by atoms with Gasteiger partial charge in [0.25, 0.3) is 0 Å². The summed E-state index contributed by atoms with van der Waals surface area (Å²) in [4.78, 5) is -0.115. The van der Waals surface area contributed by atoms with E-state index in [0.717, 1.165) is 0 Å². The summed E-state index contributed by atoms with van der Waals surface area (Å²) >= 11 is -4.68. The van der Waals surface area contributed by atoms with Gasteiger partial charge in [0.05, 0.1) is 0 Å². The Kier molecular flexibility index (Phi) is 4.05. The van der Waals surface area contributed by atoms with Crippen LogP contribution >= 0.6 is 0 Å². The minimum absolute atomic E-state index is 0.0817. The van der Waals surface area contributed by atoms with E-state index in [2.05, 4.69) is 3.27 Å². The topological polar surface area (TPSA) is 83.8 Å². The normalized spacial score (nSPS) is 13.2. The quantitative estimate of drug-likeness (QED) is 0.774. The van der Waals surface area contributed by atoms with Gasteiger partial charge in [-0.25, -0.2) is 0 Å². The molecule has 0 unspecified atom stereocenters. The van der Waals surface area contributed by atoms with Gasteiger partial charge in [0, 0.05) is 0 Å². The fourth-order valence-corrected chi connectivity index (χ4v) is 5.92. The Labute approximate surface area is 114 Å². The predicted octanol–water partition coefficient (Wildman–Crippen LogP) is 0.223. The van der Waals surface area contributed by atoms with E-state index >= 15 is 0 Å². The SMILES string of the molecule is O=S(=O)(O[Se](O)(O)c1ccccc1)c1ccccc1. The van der Waals surface area contributed by atoms with Crippen molar-refractivity contribution in [2.24, 2.45) is 0 Å². The Morgan fingerprint density at radius 2 is 1.32 bits per heavy atom. The maximum absolute atomic E-state index is 11.9. The maximum atomic E-state index is 11.9. The van der Waals surface area contributed by atoms with Gasteiger partial charge < -0.3 is 0 Å². The summed E-state index contributed by atoms with van der Waals surface area (Å²) in [7, 11) is -4.20. The van der Waals surface area contributed by atoms with E-state index < -0.39 is 24.0 Å². The Morgan fingerprint density at radius 3 is 1.84 bits per heavy atom. The van der Waals surface area contributed by atoms with Crippen molar-refractivity contribution in [3.8, 4) is 0 Å². The van der Waals surface area contributed by atoms with Crippen LogP contribution in [0.15, 0.2) is 65.6 Å².